The lowest BCUT2D eigenvalue weighted by Crippen LogP contribution is -2.43. The zero-order chi connectivity index (χ0) is 22.4. The lowest BCUT2D eigenvalue weighted by molar-refractivity contribution is -0.122. The van der Waals surface area contributed by atoms with Crippen molar-refractivity contribution in [3.05, 3.63) is 83.9 Å². The van der Waals surface area contributed by atoms with Crippen LogP contribution in [0.2, 0.25) is 0 Å². The predicted octanol–water partition coefficient (Wildman–Crippen LogP) is 4.87. The second kappa shape index (κ2) is 10.0. The molecule has 0 spiro atoms. The normalized spacial score (nSPS) is 11.8. The number of amides is 2. The molecule has 0 fully saturated rings. The number of hydrogen-bond acceptors (Lipinski definition) is 3. The Balaban J connectivity index is 1.64. The zero-order valence-corrected chi connectivity index (χ0v) is 18.5. The first kappa shape index (κ1) is 22.2. The Bertz CT molecular complexity index is 1060. The van der Waals surface area contributed by atoms with Gasteiger partial charge in [0.2, 0.25) is 11.8 Å². The molecule has 1 atom stereocenters. The van der Waals surface area contributed by atoms with Crippen LogP contribution >= 0.6 is 0 Å². The number of rotatable bonds is 7. The number of anilines is 2. The zero-order valence-electron chi connectivity index (χ0n) is 18.5. The van der Waals surface area contributed by atoms with Gasteiger partial charge in [0.25, 0.3) is 0 Å². The first-order chi connectivity index (χ1) is 14.9. The van der Waals surface area contributed by atoms with Crippen LogP contribution in [-0.2, 0) is 9.59 Å². The van der Waals surface area contributed by atoms with Crippen LogP contribution in [0.3, 0.4) is 0 Å². The van der Waals surface area contributed by atoms with Crippen molar-refractivity contribution in [1.82, 2.24) is 4.90 Å². The van der Waals surface area contributed by atoms with Gasteiger partial charge in [0, 0.05) is 16.9 Å². The van der Waals surface area contributed by atoms with Gasteiger partial charge < -0.3 is 10.6 Å². The fourth-order valence-corrected chi connectivity index (χ4v) is 3.34. The number of nitrogens with one attached hydrogen (secondary N) is 2. The molecule has 0 unspecified atom stereocenters. The summed E-state index contributed by atoms with van der Waals surface area (Å²) in [6, 6.07) is 23.0. The van der Waals surface area contributed by atoms with Crippen molar-refractivity contribution >= 4 is 23.2 Å². The summed E-state index contributed by atoms with van der Waals surface area (Å²) in [6.45, 7) is 5.90. The van der Waals surface area contributed by atoms with Gasteiger partial charge >= 0.3 is 0 Å². The SMILES string of the molecule is Cc1cccc(NC(=O)CN(C)[C@@H](C)C(=O)Nc2ccccc2-c2ccccc2)c1C. The molecule has 3 aromatic carbocycles. The highest BCUT2D eigenvalue weighted by molar-refractivity contribution is 5.99. The number of nitrogens with zero attached hydrogens (tertiary/aromatic N) is 1. The highest BCUT2D eigenvalue weighted by Gasteiger charge is 2.21. The number of para-hydroxylation sites is 1. The van der Waals surface area contributed by atoms with Gasteiger partial charge in [-0.3, -0.25) is 14.5 Å². The summed E-state index contributed by atoms with van der Waals surface area (Å²) in [4.78, 5) is 27.2. The maximum Gasteiger partial charge on any atom is 0.241 e. The van der Waals surface area contributed by atoms with Gasteiger partial charge in [-0.2, -0.15) is 0 Å². The number of hydrogen-bond donors (Lipinski definition) is 2. The fourth-order valence-electron chi connectivity index (χ4n) is 3.34. The Labute approximate surface area is 184 Å². The summed E-state index contributed by atoms with van der Waals surface area (Å²) in [5, 5.41) is 5.96. The van der Waals surface area contributed by atoms with E-state index in [0.717, 1.165) is 33.6 Å². The van der Waals surface area contributed by atoms with Crippen LogP contribution in [0, 0.1) is 13.8 Å². The van der Waals surface area contributed by atoms with Crippen LogP contribution in [0.4, 0.5) is 11.4 Å². The highest BCUT2D eigenvalue weighted by Crippen LogP contribution is 2.27. The van der Waals surface area contributed by atoms with Crippen LogP contribution in [0.5, 0.6) is 0 Å². The van der Waals surface area contributed by atoms with Crippen LogP contribution in [0.15, 0.2) is 72.8 Å². The van der Waals surface area contributed by atoms with E-state index in [2.05, 4.69) is 10.6 Å². The number of likely N-dealkylation sites (N-methyl/N-ethyl adjacent to an activating group) is 1. The molecule has 2 amide bonds. The Kier molecular flexibility index (Phi) is 7.21. The first-order valence-corrected chi connectivity index (χ1v) is 10.4. The summed E-state index contributed by atoms with van der Waals surface area (Å²) >= 11 is 0. The van der Waals surface area contributed by atoms with Crippen molar-refractivity contribution in [2.45, 2.75) is 26.8 Å². The van der Waals surface area contributed by atoms with E-state index in [4.69, 9.17) is 0 Å². The van der Waals surface area contributed by atoms with E-state index in [1.54, 1.807) is 18.9 Å². The van der Waals surface area contributed by atoms with E-state index >= 15 is 0 Å². The van der Waals surface area contributed by atoms with E-state index in [1.165, 1.54) is 0 Å². The topological polar surface area (TPSA) is 61.4 Å². The van der Waals surface area contributed by atoms with E-state index in [-0.39, 0.29) is 18.4 Å². The highest BCUT2D eigenvalue weighted by atomic mass is 16.2. The average Bonchev–Trinajstić information content (AvgIpc) is 2.77. The van der Waals surface area contributed by atoms with E-state index in [1.807, 2.05) is 86.6 Å². The number of carbonyl (C=O) groups excluding carboxylic acids is 2. The minimum absolute atomic E-state index is 0.113. The van der Waals surface area contributed by atoms with Gasteiger partial charge in [0.15, 0.2) is 0 Å². The Morgan fingerprint density at radius 3 is 2.23 bits per heavy atom. The van der Waals surface area contributed by atoms with Crippen molar-refractivity contribution in [2.24, 2.45) is 0 Å². The van der Waals surface area contributed by atoms with Gasteiger partial charge in [-0.05, 0) is 56.6 Å². The molecule has 0 saturated carbocycles. The molecule has 0 heterocycles. The summed E-state index contributed by atoms with van der Waals surface area (Å²) < 4.78 is 0. The molecule has 160 valence electrons. The maximum atomic E-state index is 12.9. The van der Waals surface area contributed by atoms with Gasteiger partial charge in [0.05, 0.1) is 12.6 Å². The van der Waals surface area contributed by atoms with Crippen LogP contribution in [-0.4, -0.2) is 36.3 Å². The molecule has 3 rings (SSSR count). The lowest BCUT2D eigenvalue weighted by Gasteiger charge is -2.24. The van der Waals surface area contributed by atoms with Gasteiger partial charge in [-0.25, -0.2) is 0 Å². The average molecular weight is 416 g/mol. The summed E-state index contributed by atoms with van der Waals surface area (Å²) in [7, 11) is 1.77. The molecule has 0 radical (unpaired) electrons. The van der Waals surface area contributed by atoms with Crippen LogP contribution < -0.4 is 10.6 Å². The molecular formula is C26H29N3O2. The summed E-state index contributed by atoms with van der Waals surface area (Å²) in [5.74, 6) is -0.314. The molecule has 0 aliphatic heterocycles. The molecule has 0 saturated heterocycles. The molecule has 0 aliphatic carbocycles. The Hall–Kier alpha value is -3.44. The second-order valence-electron chi connectivity index (χ2n) is 7.79. The van der Waals surface area contributed by atoms with E-state index < -0.39 is 6.04 Å². The summed E-state index contributed by atoms with van der Waals surface area (Å²) in [5.41, 5.74) is 5.70. The molecule has 0 bridgehead atoms. The minimum atomic E-state index is -0.479. The molecule has 5 nitrogen and oxygen atoms in total. The van der Waals surface area contributed by atoms with Crippen molar-refractivity contribution < 1.29 is 9.59 Å². The van der Waals surface area contributed by atoms with Crippen LogP contribution in [0.1, 0.15) is 18.1 Å². The monoisotopic (exact) mass is 415 g/mol. The summed E-state index contributed by atoms with van der Waals surface area (Å²) in [6.07, 6.45) is 0. The largest absolute Gasteiger partial charge is 0.325 e. The quantitative estimate of drug-likeness (QED) is 0.579. The second-order valence-corrected chi connectivity index (χ2v) is 7.79. The van der Waals surface area contributed by atoms with Crippen molar-refractivity contribution in [3.8, 4) is 11.1 Å². The predicted molar refractivity (Wildman–Crippen MR) is 127 cm³/mol. The lowest BCUT2D eigenvalue weighted by atomic mass is 10.0. The molecule has 0 aromatic heterocycles. The van der Waals surface area contributed by atoms with Gasteiger partial charge in [0.1, 0.15) is 0 Å². The maximum absolute atomic E-state index is 12.9. The Morgan fingerprint density at radius 1 is 0.839 bits per heavy atom. The van der Waals surface area contributed by atoms with Crippen LogP contribution in [0.25, 0.3) is 11.1 Å². The standard InChI is InChI=1S/C26H29N3O2/c1-18-11-10-16-23(19(18)2)27-25(30)17-29(4)20(3)26(31)28-24-15-9-8-14-22(24)21-12-6-5-7-13-21/h5-16,20H,17H2,1-4H3,(H,27,30)(H,28,31)/t20-/m0/s1. The number of benzene rings is 3. The molecule has 2 N–H and O–H groups in total. The van der Waals surface area contributed by atoms with E-state index in [0.29, 0.717) is 0 Å². The molecule has 0 aliphatic rings. The number of aryl methyl sites for hydroxylation is 1. The van der Waals surface area contributed by atoms with Crippen molar-refractivity contribution in [3.63, 3.8) is 0 Å². The third kappa shape index (κ3) is 5.58. The third-order valence-corrected chi connectivity index (χ3v) is 5.58. The van der Waals surface area contributed by atoms with E-state index in [9.17, 15) is 9.59 Å². The fraction of sp³-hybridized carbons (Fsp3) is 0.231. The van der Waals surface area contributed by atoms with Crippen molar-refractivity contribution in [2.75, 3.05) is 24.2 Å². The molecular weight excluding hydrogens is 386 g/mol. The third-order valence-electron chi connectivity index (χ3n) is 5.58. The van der Waals surface area contributed by atoms with Gasteiger partial charge in [-0.15, -0.1) is 0 Å². The molecule has 31 heavy (non-hydrogen) atoms. The van der Waals surface area contributed by atoms with Gasteiger partial charge in [-0.1, -0.05) is 60.7 Å². The minimum Gasteiger partial charge on any atom is -0.325 e. The van der Waals surface area contributed by atoms with Crippen molar-refractivity contribution in [1.29, 1.82) is 0 Å². The first-order valence-electron chi connectivity index (χ1n) is 10.4. The Morgan fingerprint density at radius 2 is 1.48 bits per heavy atom. The molecule has 5 heteroatoms. The smallest absolute Gasteiger partial charge is 0.241 e. The number of carbonyl (C=O) groups is 2. The molecule has 3 aromatic rings.